The van der Waals surface area contributed by atoms with E-state index in [4.69, 9.17) is 4.74 Å². The molecule has 0 aromatic heterocycles. The first kappa shape index (κ1) is 14.4. The van der Waals surface area contributed by atoms with Gasteiger partial charge in [0.25, 0.3) is 5.91 Å². The molecule has 0 radical (unpaired) electrons. The highest BCUT2D eigenvalue weighted by molar-refractivity contribution is 7.92. The summed E-state index contributed by atoms with van der Waals surface area (Å²) in [5, 5.41) is 2.74. The third-order valence-electron chi connectivity index (χ3n) is 3.13. The van der Waals surface area contributed by atoms with E-state index in [-0.39, 0.29) is 5.91 Å². The van der Waals surface area contributed by atoms with Crippen molar-refractivity contribution in [1.82, 2.24) is 0 Å². The van der Waals surface area contributed by atoms with Crippen LogP contribution in [-0.4, -0.2) is 20.6 Å². The Morgan fingerprint density at radius 3 is 2.55 bits per heavy atom. The predicted octanol–water partition coefficient (Wildman–Crippen LogP) is 2.13. The fraction of sp³-hybridized carbons (Fsp3) is 0.133. The average molecular weight is 318 g/mol. The fourth-order valence-corrected chi connectivity index (χ4v) is 2.79. The number of hydrogen-bond donors (Lipinski definition) is 2. The smallest absolute Gasteiger partial charge is 0.270 e. The lowest BCUT2D eigenvalue weighted by Crippen LogP contribution is -2.30. The van der Waals surface area contributed by atoms with E-state index in [0.717, 1.165) is 11.8 Å². The molecule has 0 aliphatic carbocycles. The Kier molecular flexibility index (Phi) is 3.50. The molecule has 0 saturated heterocycles. The van der Waals surface area contributed by atoms with Crippen LogP contribution in [0.2, 0.25) is 0 Å². The van der Waals surface area contributed by atoms with Gasteiger partial charge < -0.3 is 10.1 Å². The van der Waals surface area contributed by atoms with Crippen LogP contribution in [0.3, 0.4) is 0 Å². The second-order valence-corrected chi connectivity index (χ2v) is 6.73. The van der Waals surface area contributed by atoms with E-state index >= 15 is 0 Å². The van der Waals surface area contributed by atoms with Gasteiger partial charge in [0.05, 0.1) is 17.6 Å². The molecule has 1 unspecified atom stereocenters. The van der Waals surface area contributed by atoms with Gasteiger partial charge in [0, 0.05) is 5.56 Å². The lowest BCUT2D eigenvalue weighted by molar-refractivity contribution is -0.123. The maximum atomic E-state index is 12.2. The summed E-state index contributed by atoms with van der Waals surface area (Å²) in [4.78, 5) is 12.2. The minimum Gasteiger partial charge on any atom is -0.474 e. The monoisotopic (exact) mass is 318 g/mol. The largest absolute Gasteiger partial charge is 0.474 e. The number of sulfonamides is 1. The summed E-state index contributed by atoms with van der Waals surface area (Å²) in [6.07, 6.45) is 0.342. The number of benzene rings is 2. The molecule has 0 fully saturated rings. The standard InChI is InChI=1S/C15H14N2O4S/c1-22(19,20)17-11-7-8-13-12(9-11)16-15(18)14(21-13)10-5-3-2-4-6-10/h2-9,14,17H,1H3,(H,16,18). The molecule has 0 bridgehead atoms. The van der Waals surface area contributed by atoms with E-state index < -0.39 is 16.1 Å². The lowest BCUT2D eigenvalue weighted by Gasteiger charge is -2.26. The molecule has 2 N–H and O–H groups in total. The van der Waals surface area contributed by atoms with Crippen molar-refractivity contribution in [2.45, 2.75) is 6.10 Å². The summed E-state index contributed by atoms with van der Waals surface area (Å²) in [5.74, 6) is 0.197. The van der Waals surface area contributed by atoms with Crippen LogP contribution in [0.5, 0.6) is 5.75 Å². The highest BCUT2D eigenvalue weighted by atomic mass is 32.2. The number of fused-ring (bicyclic) bond motifs is 1. The molecule has 6 nitrogen and oxygen atoms in total. The summed E-state index contributed by atoms with van der Waals surface area (Å²) >= 11 is 0. The van der Waals surface area contributed by atoms with Gasteiger partial charge in [-0.15, -0.1) is 0 Å². The highest BCUT2D eigenvalue weighted by Gasteiger charge is 2.29. The summed E-state index contributed by atoms with van der Waals surface area (Å²) in [7, 11) is -3.37. The van der Waals surface area contributed by atoms with Crippen molar-refractivity contribution >= 4 is 27.3 Å². The average Bonchev–Trinajstić information content (AvgIpc) is 2.45. The molecular formula is C15H14N2O4S. The Balaban J connectivity index is 1.90. The van der Waals surface area contributed by atoms with E-state index in [1.165, 1.54) is 6.07 Å². The maximum absolute atomic E-state index is 12.2. The number of hydrogen-bond acceptors (Lipinski definition) is 4. The van der Waals surface area contributed by atoms with Gasteiger partial charge in [-0.25, -0.2) is 8.42 Å². The minimum absolute atomic E-state index is 0.296. The normalized spacial score (nSPS) is 17.1. The summed E-state index contributed by atoms with van der Waals surface area (Å²) < 4.78 is 30.6. The van der Waals surface area contributed by atoms with Crippen molar-refractivity contribution in [3.05, 3.63) is 54.1 Å². The third kappa shape index (κ3) is 3.04. The van der Waals surface area contributed by atoms with Crippen LogP contribution in [0.1, 0.15) is 11.7 Å². The van der Waals surface area contributed by atoms with Crippen LogP contribution in [0.25, 0.3) is 0 Å². The molecule has 3 rings (SSSR count). The molecule has 0 spiro atoms. The van der Waals surface area contributed by atoms with Crippen molar-refractivity contribution < 1.29 is 17.9 Å². The molecule has 1 amide bonds. The predicted molar refractivity (Wildman–Crippen MR) is 83.3 cm³/mol. The zero-order chi connectivity index (χ0) is 15.7. The highest BCUT2D eigenvalue weighted by Crippen LogP contribution is 2.36. The van der Waals surface area contributed by atoms with Crippen molar-refractivity contribution in [1.29, 1.82) is 0 Å². The van der Waals surface area contributed by atoms with E-state index in [1.807, 2.05) is 30.3 Å². The number of nitrogens with one attached hydrogen (secondary N) is 2. The van der Waals surface area contributed by atoms with Crippen LogP contribution in [0, 0.1) is 0 Å². The van der Waals surface area contributed by atoms with Gasteiger partial charge in [-0.05, 0) is 18.2 Å². The molecule has 1 aliphatic heterocycles. The number of amides is 1. The third-order valence-corrected chi connectivity index (χ3v) is 3.73. The van der Waals surface area contributed by atoms with Crippen LogP contribution >= 0.6 is 0 Å². The SMILES string of the molecule is CS(=O)(=O)Nc1ccc2c(c1)NC(=O)C(c1ccccc1)O2. The number of rotatable bonds is 3. The maximum Gasteiger partial charge on any atom is 0.270 e. The Morgan fingerprint density at radius 2 is 1.86 bits per heavy atom. The van der Waals surface area contributed by atoms with Gasteiger partial charge in [0.2, 0.25) is 16.1 Å². The van der Waals surface area contributed by atoms with Gasteiger partial charge in [-0.1, -0.05) is 30.3 Å². The number of anilines is 2. The molecule has 2 aromatic carbocycles. The number of ether oxygens (including phenoxy) is 1. The Bertz CT molecular complexity index is 819. The first-order valence-electron chi connectivity index (χ1n) is 6.57. The van der Waals surface area contributed by atoms with Crippen LogP contribution in [0.4, 0.5) is 11.4 Å². The summed E-state index contributed by atoms with van der Waals surface area (Å²) in [6, 6.07) is 13.9. The van der Waals surface area contributed by atoms with Crippen molar-refractivity contribution in [2.75, 3.05) is 16.3 Å². The van der Waals surface area contributed by atoms with Crippen LogP contribution < -0.4 is 14.8 Å². The quantitative estimate of drug-likeness (QED) is 0.908. The van der Waals surface area contributed by atoms with Gasteiger partial charge in [0.15, 0.2) is 0 Å². The molecular weight excluding hydrogens is 304 g/mol. The number of carbonyl (C=O) groups is 1. The van der Waals surface area contributed by atoms with Gasteiger partial charge in [0.1, 0.15) is 5.75 Å². The first-order valence-corrected chi connectivity index (χ1v) is 8.46. The number of carbonyl (C=O) groups excluding carboxylic acids is 1. The van der Waals surface area contributed by atoms with Crippen molar-refractivity contribution in [2.24, 2.45) is 0 Å². The molecule has 2 aromatic rings. The Hall–Kier alpha value is -2.54. The van der Waals surface area contributed by atoms with E-state index in [9.17, 15) is 13.2 Å². The lowest BCUT2D eigenvalue weighted by atomic mass is 10.1. The zero-order valence-corrected chi connectivity index (χ0v) is 12.6. The zero-order valence-electron chi connectivity index (χ0n) is 11.7. The van der Waals surface area contributed by atoms with Gasteiger partial charge >= 0.3 is 0 Å². The molecule has 7 heteroatoms. The van der Waals surface area contributed by atoms with Gasteiger partial charge in [-0.3, -0.25) is 9.52 Å². The van der Waals surface area contributed by atoms with Gasteiger partial charge in [-0.2, -0.15) is 0 Å². The second kappa shape index (κ2) is 5.34. The van der Waals surface area contributed by atoms with Crippen LogP contribution in [0.15, 0.2) is 48.5 Å². The van der Waals surface area contributed by atoms with E-state index in [1.54, 1.807) is 12.1 Å². The second-order valence-electron chi connectivity index (χ2n) is 4.98. The van der Waals surface area contributed by atoms with Crippen molar-refractivity contribution in [3.8, 4) is 5.75 Å². The van der Waals surface area contributed by atoms with Crippen LogP contribution in [-0.2, 0) is 14.8 Å². The molecule has 114 valence electrons. The first-order chi connectivity index (χ1) is 10.4. The molecule has 22 heavy (non-hydrogen) atoms. The summed E-state index contributed by atoms with van der Waals surface area (Å²) in [5.41, 5.74) is 1.55. The minimum atomic E-state index is -3.37. The van der Waals surface area contributed by atoms with Crippen molar-refractivity contribution in [3.63, 3.8) is 0 Å². The van der Waals surface area contributed by atoms with E-state index in [0.29, 0.717) is 17.1 Å². The molecule has 1 atom stereocenters. The van der Waals surface area contributed by atoms with E-state index in [2.05, 4.69) is 10.0 Å². The molecule has 0 saturated carbocycles. The Morgan fingerprint density at radius 1 is 1.14 bits per heavy atom. The fourth-order valence-electron chi connectivity index (χ4n) is 2.23. The topological polar surface area (TPSA) is 84.5 Å². The Labute approximate surface area is 128 Å². The molecule has 1 aliphatic rings. The summed E-state index contributed by atoms with van der Waals surface area (Å²) in [6.45, 7) is 0. The molecule has 1 heterocycles.